The highest BCUT2D eigenvalue weighted by Crippen LogP contribution is 2.19. The summed E-state index contributed by atoms with van der Waals surface area (Å²) in [4.78, 5) is 29.6. The number of nitrogens with two attached hydrogens (primary N) is 1. The second kappa shape index (κ2) is 5.70. The van der Waals surface area contributed by atoms with Gasteiger partial charge in [-0.15, -0.1) is 0 Å². The largest absolute Gasteiger partial charge is 0.443 e. The van der Waals surface area contributed by atoms with Gasteiger partial charge in [0, 0.05) is 0 Å². The van der Waals surface area contributed by atoms with Crippen molar-refractivity contribution in [3.63, 3.8) is 0 Å². The van der Waals surface area contributed by atoms with Crippen LogP contribution in [0.15, 0.2) is 0 Å². The predicted molar refractivity (Wildman–Crippen MR) is 69.8 cm³/mol. The third-order valence-corrected chi connectivity index (χ3v) is 2.00. The minimum Gasteiger partial charge on any atom is -0.443 e. The van der Waals surface area contributed by atoms with Gasteiger partial charge in [0.05, 0.1) is 5.56 Å². The molecular formula is C10H14ClN5O3. The number of nitrogen functional groups attached to an aromatic ring is 1. The van der Waals surface area contributed by atoms with Gasteiger partial charge in [0.2, 0.25) is 5.95 Å². The van der Waals surface area contributed by atoms with Gasteiger partial charge in [0.15, 0.2) is 12.1 Å². The molecule has 1 amide bonds. The SMILES string of the molecule is CC(C)(C)OC(=O)NNc1nc(N)nc(Cl)c1C=O. The van der Waals surface area contributed by atoms with Crippen molar-refractivity contribution in [3.05, 3.63) is 10.7 Å². The molecule has 8 nitrogen and oxygen atoms in total. The Balaban J connectivity index is 2.78. The Hall–Kier alpha value is -2.09. The number of hydrogen-bond acceptors (Lipinski definition) is 7. The maximum atomic E-state index is 11.4. The molecule has 0 radical (unpaired) electrons. The first kappa shape index (κ1) is 15.0. The zero-order valence-corrected chi connectivity index (χ0v) is 11.4. The van der Waals surface area contributed by atoms with Crippen LogP contribution in [0.25, 0.3) is 0 Å². The molecule has 0 fully saturated rings. The molecule has 0 saturated heterocycles. The summed E-state index contributed by atoms with van der Waals surface area (Å²) in [6, 6.07) is 0. The highest BCUT2D eigenvalue weighted by Gasteiger charge is 2.17. The monoisotopic (exact) mass is 287 g/mol. The number of carbonyl (C=O) groups excluding carboxylic acids is 2. The zero-order chi connectivity index (χ0) is 14.6. The van der Waals surface area contributed by atoms with Gasteiger partial charge in [-0.25, -0.2) is 15.2 Å². The Labute approximate surface area is 114 Å². The van der Waals surface area contributed by atoms with Crippen LogP contribution in [0.2, 0.25) is 5.15 Å². The first-order valence-corrected chi connectivity index (χ1v) is 5.64. The van der Waals surface area contributed by atoms with E-state index >= 15 is 0 Å². The molecule has 9 heteroatoms. The van der Waals surface area contributed by atoms with Crippen LogP contribution in [0, 0.1) is 0 Å². The Morgan fingerprint density at radius 2 is 2.05 bits per heavy atom. The molecule has 1 aromatic rings. The van der Waals surface area contributed by atoms with Crippen molar-refractivity contribution in [2.24, 2.45) is 0 Å². The second-order valence-electron chi connectivity index (χ2n) is 4.50. The Morgan fingerprint density at radius 3 is 2.58 bits per heavy atom. The molecule has 0 aliphatic heterocycles. The van der Waals surface area contributed by atoms with Gasteiger partial charge in [-0.05, 0) is 20.8 Å². The van der Waals surface area contributed by atoms with Crippen LogP contribution in [-0.2, 0) is 4.74 Å². The summed E-state index contributed by atoms with van der Waals surface area (Å²) in [5.41, 5.74) is 9.32. The third-order valence-electron chi connectivity index (χ3n) is 1.72. The molecular weight excluding hydrogens is 274 g/mol. The predicted octanol–water partition coefficient (Wildman–Crippen LogP) is 1.38. The number of aromatic nitrogens is 2. The van der Waals surface area contributed by atoms with Gasteiger partial charge in [-0.2, -0.15) is 4.98 Å². The molecule has 1 heterocycles. The van der Waals surface area contributed by atoms with E-state index in [0.717, 1.165) is 0 Å². The number of halogens is 1. The highest BCUT2D eigenvalue weighted by molar-refractivity contribution is 6.32. The maximum absolute atomic E-state index is 11.4. The van der Waals surface area contributed by atoms with E-state index in [1.54, 1.807) is 20.8 Å². The number of anilines is 2. The quantitative estimate of drug-likeness (QED) is 0.436. The highest BCUT2D eigenvalue weighted by atomic mass is 35.5. The number of carbonyl (C=O) groups is 2. The molecule has 19 heavy (non-hydrogen) atoms. The summed E-state index contributed by atoms with van der Waals surface area (Å²) in [5, 5.41) is -0.115. The number of hydrogen-bond donors (Lipinski definition) is 3. The summed E-state index contributed by atoms with van der Waals surface area (Å²) in [7, 11) is 0. The minimum atomic E-state index is -0.738. The molecule has 1 rings (SSSR count). The smallest absolute Gasteiger partial charge is 0.426 e. The topological polar surface area (TPSA) is 119 Å². The van der Waals surface area contributed by atoms with E-state index in [1.807, 2.05) is 0 Å². The lowest BCUT2D eigenvalue weighted by molar-refractivity contribution is 0.0540. The molecule has 104 valence electrons. The van der Waals surface area contributed by atoms with E-state index < -0.39 is 11.7 Å². The third kappa shape index (κ3) is 4.59. The van der Waals surface area contributed by atoms with Gasteiger partial charge in [-0.3, -0.25) is 10.2 Å². The van der Waals surface area contributed by atoms with Crippen LogP contribution in [0.1, 0.15) is 31.1 Å². The molecule has 0 atom stereocenters. The minimum absolute atomic E-state index is 0.0154. The lowest BCUT2D eigenvalue weighted by Gasteiger charge is -2.20. The van der Waals surface area contributed by atoms with Gasteiger partial charge in [0.1, 0.15) is 10.8 Å². The molecule has 0 aromatic carbocycles. The van der Waals surface area contributed by atoms with E-state index in [4.69, 9.17) is 22.1 Å². The summed E-state index contributed by atoms with van der Waals surface area (Å²) in [5.74, 6) is -0.151. The first-order valence-electron chi connectivity index (χ1n) is 5.26. The Bertz CT molecular complexity index is 501. The van der Waals surface area contributed by atoms with Gasteiger partial charge >= 0.3 is 6.09 Å². The Morgan fingerprint density at radius 1 is 1.42 bits per heavy atom. The molecule has 0 aliphatic rings. The summed E-state index contributed by atoms with van der Waals surface area (Å²) in [6.45, 7) is 5.13. The van der Waals surface area contributed by atoms with Crippen molar-refractivity contribution in [2.45, 2.75) is 26.4 Å². The summed E-state index contributed by atoms with van der Waals surface area (Å²) < 4.78 is 4.98. The van der Waals surface area contributed by atoms with E-state index in [1.165, 1.54) is 0 Å². The van der Waals surface area contributed by atoms with Crippen LogP contribution >= 0.6 is 11.6 Å². The number of rotatable bonds is 3. The van der Waals surface area contributed by atoms with Gasteiger partial charge < -0.3 is 10.5 Å². The van der Waals surface area contributed by atoms with Gasteiger partial charge in [-0.1, -0.05) is 11.6 Å². The van der Waals surface area contributed by atoms with E-state index in [-0.39, 0.29) is 22.5 Å². The molecule has 1 aromatic heterocycles. The van der Waals surface area contributed by atoms with Crippen LogP contribution < -0.4 is 16.6 Å². The van der Waals surface area contributed by atoms with E-state index in [9.17, 15) is 9.59 Å². The fraction of sp³-hybridized carbons (Fsp3) is 0.400. The van der Waals surface area contributed by atoms with Gasteiger partial charge in [0.25, 0.3) is 0 Å². The number of ether oxygens (including phenoxy) is 1. The van der Waals surface area contributed by atoms with Crippen molar-refractivity contribution in [1.82, 2.24) is 15.4 Å². The molecule has 0 saturated carbocycles. The number of aldehydes is 1. The fourth-order valence-corrected chi connectivity index (χ4v) is 1.29. The molecule has 0 aliphatic carbocycles. The van der Waals surface area contributed by atoms with Crippen LogP contribution in [0.5, 0.6) is 0 Å². The molecule has 0 unspecified atom stereocenters. The average molecular weight is 288 g/mol. The molecule has 0 bridgehead atoms. The standard InChI is InChI=1S/C10H14ClN5O3/c1-10(2,3)19-9(18)16-15-7-5(4-17)6(11)13-8(12)14-7/h4H,1-3H3,(H,16,18)(H3,12,13,14,15). The zero-order valence-electron chi connectivity index (χ0n) is 10.7. The van der Waals surface area contributed by atoms with Crippen molar-refractivity contribution < 1.29 is 14.3 Å². The van der Waals surface area contributed by atoms with E-state index in [2.05, 4.69) is 20.8 Å². The fourth-order valence-electron chi connectivity index (χ4n) is 1.07. The maximum Gasteiger partial charge on any atom is 0.426 e. The lowest BCUT2D eigenvalue weighted by Crippen LogP contribution is -2.36. The second-order valence-corrected chi connectivity index (χ2v) is 4.86. The molecule has 0 spiro atoms. The summed E-state index contributed by atoms with van der Waals surface area (Å²) >= 11 is 5.71. The first-order chi connectivity index (χ1) is 8.73. The van der Waals surface area contributed by atoms with Crippen LogP contribution in [0.4, 0.5) is 16.6 Å². The van der Waals surface area contributed by atoms with E-state index in [0.29, 0.717) is 6.29 Å². The number of amides is 1. The normalized spacial score (nSPS) is 10.7. The van der Waals surface area contributed by atoms with Crippen molar-refractivity contribution >= 4 is 35.7 Å². The Kier molecular flexibility index (Phi) is 4.49. The number of nitrogens with one attached hydrogen (secondary N) is 2. The lowest BCUT2D eigenvalue weighted by atomic mass is 10.2. The summed E-state index contributed by atoms with van der Waals surface area (Å²) in [6.07, 6.45) is -0.293. The number of hydrazine groups is 1. The molecule has 4 N–H and O–H groups in total. The van der Waals surface area contributed by atoms with Crippen molar-refractivity contribution in [2.75, 3.05) is 11.2 Å². The van der Waals surface area contributed by atoms with Crippen LogP contribution in [-0.4, -0.2) is 27.9 Å². The average Bonchev–Trinajstić information content (AvgIpc) is 2.23. The van der Waals surface area contributed by atoms with Crippen LogP contribution in [0.3, 0.4) is 0 Å². The van der Waals surface area contributed by atoms with Crippen molar-refractivity contribution in [1.29, 1.82) is 0 Å². The number of nitrogens with zero attached hydrogens (tertiary/aromatic N) is 2. The van der Waals surface area contributed by atoms with Crippen molar-refractivity contribution in [3.8, 4) is 0 Å².